The minimum absolute atomic E-state index is 0.230. The number of nitrogens with two attached hydrogens (primary N) is 1. The molecule has 0 spiro atoms. The fourth-order valence-electron chi connectivity index (χ4n) is 2.17. The first-order chi connectivity index (χ1) is 8.61. The summed E-state index contributed by atoms with van der Waals surface area (Å²) in [6, 6.07) is 5.12. The smallest absolute Gasteiger partial charge is 0.337 e. The Labute approximate surface area is 106 Å². The van der Waals surface area contributed by atoms with Gasteiger partial charge in [-0.15, -0.1) is 0 Å². The Balaban J connectivity index is 2.23. The van der Waals surface area contributed by atoms with Gasteiger partial charge >= 0.3 is 5.97 Å². The Morgan fingerprint density at radius 1 is 1.44 bits per heavy atom. The molecule has 1 aliphatic heterocycles. The third-order valence-electron chi connectivity index (χ3n) is 3.26. The molecule has 0 aromatic heterocycles. The number of rotatable bonds is 2. The minimum Gasteiger partial charge on any atom is -0.465 e. The predicted octanol–water partition coefficient (Wildman–Crippen LogP) is 1.02. The van der Waals surface area contributed by atoms with Crippen LogP contribution in [0.5, 0.6) is 0 Å². The molecule has 1 aromatic carbocycles. The molecule has 1 aromatic rings. The zero-order valence-corrected chi connectivity index (χ0v) is 10.4. The molecule has 0 radical (unpaired) electrons. The van der Waals surface area contributed by atoms with Crippen molar-refractivity contribution in [2.75, 3.05) is 30.8 Å². The van der Waals surface area contributed by atoms with Crippen LogP contribution in [0.3, 0.4) is 0 Å². The maximum Gasteiger partial charge on any atom is 0.337 e. The summed E-state index contributed by atoms with van der Waals surface area (Å²) < 4.78 is 4.70. The highest BCUT2D eigenvalue weighted by Gasteiger charge is 2.20. The van der Waals surface area contributed by atoms with E-state index in [-0.39, 0.29) is 12.1 Å². The van der Waals surface area contributed by atoms with Gasteiger partial charge in [-0.05, 0) is 31.0 Å². The Bertz CT molecular complexity index is 440. The summed E-state index contributed by atoms with van der Waals surface area (Å²) in [5.74, 6) is -0.367. The summed E-state index contributed by atoms with van der Waals surface area (Å²) in [7, 11) is 1.36. The van der Waals surface area contributed by atoms with Crippen LogP contribution in [0.25, 0.3) is 0 Å². The van der Waals surface area contributed by atoms with Crippen molar-refractivity contribution in [1.82, 2.24) is 0 Å². The third kappa shape index (κ3) is 2.56. The van der Waals surface area contributed by atoms with Crippen LogP contribution in [0.15, 0.2) is 18.2 Å². The van der Waals surface area contributed by atoms with Gasteiger partial charge in [0, 0.05) is 13.1 Å². The lowest BCUT2D eigenvalue weighted by Crippen LogP contribution is -2.36. The van der Waals surface area contributed by atoms with Crippen molar-refractivity contribution in [2.45, 2.75) is 18.9 Å². The standard InChI is InChI=1S/C13H18N2O3/c1-18-13(17)9-2-3-11(14)12(8-9)15-6-4-10(16)5-7-15/h2-3,8,10,16H,4-7,14H2,1H3. The van der Waals surface area contributed by atoms with E-state index >= 15 is 0 Å². The Hall–Kier alpha value is -1.75. The number of esters is 1. The van der Waals surface area contributed by atoms with Gasteiger partial charge in [-0.1, -0.05) is 0 Å². The molecule has 1 fully saturated rings. The summed E-state index contributed by atoms with van der Waals surface area (Å²) in [4.78, 5) is 13.6. The number of carbonyl (C=O) groups excluding carboxylic acids is 1. The molecular weight excluding hydrogens is 232 g/mol. The topological polar surface area (TPSA) is 75.8 Å². The van der Waals surface area contributed by atoms with Crippen molar-refractivity contribution < 1.29 is 14.6 Å². The molecule has 1 heterocycles. The van der Waals surface area contributed by atoms with Crippen molar-refractivity contribution in [3.63, 3.8) is 0 Å². The molecule has 2 rings (SSSR count). The van der Waals surface area contributed by atoms with Gasteiger partial charge in [0.2, 0.25) is 0 Å². The van der Waals surface area contributed by atoms with E-state index in [0.29, 0.717) is 11.3 Å². The normalized spacial score (nSPS) is 16.7. The van der Waals surface area contributed by atoms with Gasteiger partial charge in [0.15, 0.2) is 0 Å². The van der Waals surface area contributed by atoms with E-state index in [9.17, 15) is 9.90 Å². The van der Waals surface area contributed by atoms with Gasteiger partial charge < -0.3 is 20.5 Å². The fraction of sp³-hybridized carbons (Fsp3) is 0.462. The number of ether oxygens (including phenoxy) is 1. The molecule has 3 N–H and O–H groups in total. The lowest BCUT2D eigenvalue weighted by Gasteiger charge is -2.32. The Kier molecular flexibility index (Phi) is 3.72. The third-order valence-corrected chi connectivity index (χ3v) is 3.26. The first kappa shape index (κ1) is 12.7. The monoisotopic (exact) mass is 250 g/mol. The van der Waals surface area contributed by atoms with Crippen LogP contribution in [0.2, 0.25) is 0 Å². The van der Waals surface area contributed by atoms with Crippen molar-refractivity contribution in [1.29, 1.82) is 0 Å². The second-order valence-corrected chi connectivity index (χ2v) is 4.48. The maximum absolute atomic E-state index is 11.5. The number of aliphatic hydroxyl groups excluding tert-OH is 1. The van der Waals surface area contributed by atoms with Crippen LogP contribution >= 0.6 is 0 Å². The van der Waals surface area contributed by atoms with Crippen molar-refractivity contribution in [2.24, 2.45) is 0 Å². The number of piperidine rings is 1. The molecule has 5 nitrogen and oxygen atoms in total. The van der Waals surface area contributed by atoms with Crippen molar-refractivity contribution in [3.05, 3.63) is 23.8 Å². The first-order valence-corrected chi connectivity index (χ1v) is 6.02. The van der Waals surface area contributed by atoms with Crippen LogP contribution in [-0.4, -0.2) is 37.4 Å². The molecule has 0 saturated carbocycles. The number of nitrogens with zero attached hydrogens (tertiary/aromatic N) is 1. The number of hydrogen-bond donors (Lipinski definition) is 2. The number of benzene rings is 1. The Morgan fingerprint density at radius 2 is 2.11 bits per heavy atom. The highest BCUT2D eigenvalue weighted by atomic mass is 16.5. The minimum atomic E-state index is -0.367. The largest absolute Gasteiger partial charge is 0.465 e. The molecular formula is C13H18N2O3. The van der Waals surface area contributed by atoms with E-state index in [1.165, 1.54) is 7.11 Å². The van der Waals surface area contributed by atoms with Crippen LogP contribution in [0, 0.1) is 0 Å². The highest BCUT2D eigenvalue weighted by Crippen LogP contribution is 2.27. The summed E-state index contributed by atoms with van der Waals surface area (Å²) in [6.07, 6.45) is 1.22. The van der Waals surface area contributed by atoms with Gasteiger partial charge in [-0.2, -0.15) is 0 Å². The van der Waals surface area contributed by atoms with Gasteiger partial charge in [-0.25, -0.2) is 4.79 Å². The molecule has 5 heteroatoms. The maximum atomic E-state index is 11.5. The molecule has 0 aliphatic carbocycles. The van der Waals surface area contributed by atoms with E-state index in [4.69, 9.17) is 10.5 Å². The van der Waals surface area contributed by atoms with E-state index in [0.717, 1.165) is 31.6 Å². The molecule has 0 amide bonds. The molecule has 1 aliphatic rings. The van der Waals surface area contributed by atoms with Gasteiger partial charge in [0.1, 0.15) is 0 Å². The van der Waals surface area contributed by atoms with Crippen LogP contribution in [0.1, 0.15) is 23.2 Å². The molecule has 0 atom stereocenters. The molecule has 0 bridgehead atoms. The number of anilines is 2. The molecule has 1 saturated heterocycles. The molecule has 98 valence electrons. The van der Waals surface area contributed by atoms with Crippen molar-refractivity contribution >= 4 is 17.3 Å². The average Bonchev–Trinajstić information content (AvgIpc) is 2.39. The summed E-state index contributed by atoms with van der Waals surface area (Å²) in [6.45, 7) is 1.49. The fourth-order valence-corrected chi connectivity index (χ4v) is 2.17. The molecule has 0 unspecified atom stereocenters. The number of aliphatic hydroxyl groups is 1. The second-order valence-electron chi connectivity index (χ2n) is 4.48. The lowest BCUT2D eigenvalue weighted by molar-refractivity contribution is 0.0600. The summed E-state index contributed by atoms with van der Waals surface area (Å²) >= 11 is 0. The van der Waals surface area contributed by atoms with E-state index in [1.54, 1.807) is 18.2 Å². The van der Waals surface area contributed by atoms with Gasteiger partial charge in [-0.3, -0.25) is 0 Å². The Morgan fingerprint density at radius 3 is 2.72 bits per heavy atom. The number of hydrogen-bond acceptors (Lipinski definition) is 5. The van der Waals surface area contributed by atoms with Gasteiger partial charge in [0.25, 0.3) is 0 Å². The van der Waals surface area contributed by atoms with E-state index < -0.39 is 0 Å². The van der Waals surface area contributed by atoms with Crippen LogP contribution in [-0.2, 0) is 4.74 Å². The first-order valence-electron chi connectivity index (χ1n) is 6.02. The quantitative estimate of drug-likeness (QED) is 0.605. The number of nitrogen functional groups attached to an aromatic ring is 1. The summed E-state index contributed by atoms with van der Waals surface area (Å²) in [5.41, 5.74) is 7.91. The van der Waals surface area contributed by atoms with E-state index in [2.05, 4.69) is 4.90 Å². The van der Waals surface area contributed by atoms with Crippen LogP contribution < -0.4 is 10.6 Å². The van der Waals surface area contributed by atoms with E-state index in [1.807, 2.05) is 0 Å². The zero-order valence-electron chi connectivity index (χ0n) is 10.4. The zero-order chi connectivity index (χ0) is 13.1. The lowest BCUT2D eigenvalue weighted by atomic mass is 10.1. The number of carbonyl (C=O) groups is 1. The van der Waals surface area contributed by atoms with Crippen LogP contribution in [0.4, 0.5) is 11.4 Å². The van der Waals surface area contributed by atoms with Gasteiger partial charge in [0.05, 0.1) is 30.2 Å². The average molecular weight is 250 g/mol. The summed E-state index contributed by atoms with van der Waals surface area (Å²) in [5, 5.41) is 9.49. The van der Waals surface area contributed by atoms with Crippen molar-refractivity contribution in [3.8, 4) is 0 Å². The number of methoxy groups -OCH3 is 1. The highest BCUT2D eigenvalue weighted by molar-refractivity contribution is 5.92. The predicted molar refractivity (Wildman–Crippen MR) is 69.6 cm³/mol. The molecule has 18 heavy (non-hydrogen) atoms. The SMILES string of the molecule is COC(=O)c1ccc(N)c(N2CCC(O)CC2)c1. The second kappa shape index (κ2) is 5.27.